The van der Waals surface area contributed by atoms with Gasteiger partial charge in [-0.1, -0.05) is 6.92 Å². The van der Waals surface area contributed by atoms with Crippen molar-refractivity contribution in [3.8, 4) is 0 Å². The molecule has 1 amide bonds. The number of rotatable bonds is 7. The smallest absolute Gasteiger partial charge is 0.259 e. The molecule has 0 aliphatic heterocycles. The number of imidazole rings is 1. The van der Waals surface area contributed by atoms with Crippen LogP contribution in [0.25, 0.3) is 5.65 Å². The van der Waals surface area contributed by atoms with Gasteiger partial charge in [-0.3, -0.25) is 14.2 Å². The molecule has 2 saturated carbocycles. The molecular weight excluding hydrogens is 471 g/mol. The zero-order valence-corrected chi connectivity index (χ0v) is 21.3. The molecule has 0 radical (unpaired) electrons. The van der Waals surface area contributed by atoms with Crippen molar-refractivity contribution in [2.75, 3.05) is 5.32 Å². The number of nitrogens with zero attached hydrogens (tertiary/aromatic N) is 6. The average Bonchev–Trinajstić information content (AvgIpc) is 3.44. The van der Waals surface area contributed by atoms with Gasteiger partial charge in [0.05, 0.1) is 29.1 Å². The van der Waals surface area contributed by atoms with E-state index in [1.165, 1.54) is 10.8 Å². The summed E-state index contributed by atoms with van der Waals surface area (Å²) >= 11 is 0. The number of hydrogen-bond donors (Lipinski definition) is 2. The lowest BCUT2D eigenvalue weighted by atomic mass is 9.59. The average molecular weight is 503 g/mol. The first-order valence-corrected chi connectivity index (χ1v) is 12.8. The monoisotopic (exact) mass is 502 g/mol. The maximum Gasteiger partial charge on any atom is 0.259 e. The summed E-state index contributed by atoms with van der Waals surface area (Å²) in [5.74, 6) is 0.581. The number of carbonyl (C=O) groups is 1. The van der Waals surface area contributed by atoms with Gasteiger partial charge in [0.25, 0.3) is 5.91 Å². The molecule has 4 aromatic rings. The van der Waals surface area contributed by atoms with Gasteiger partial charge in [-0.15, -0.1) is 10.2 Å². The Balaban J connectivity index is 1.29. The van der Waals surface area contributed by atoms with Crippen molar-refractivity contribution in [2.24, 2.45) is 13.0 Å². The zero-order chi connectivity index (χ0) is 25.8. The van der Waals surface area contributed by atoms with E-state index in [1.54, 1.807) is 24.8 Å². The molecule has 0 atom stereocenters. The van der Waals surface area contributed by atoms with E-state index in [1.807, 2.05) is 23.9 Å². The molecule has 0 bridgehead atoms. The molecule has 0 saturated heterocycles. The summed E-state index contributed by atoms with van der Waals surface area (Å²) in [5.41, 5.74) is 2.77. The van der Waals surface area contributed by atoms with Crippen LogP contribution in [0.2, 0.25) is 0 Å². The van der Waals surface area contributed by atoms with Crippen LogP contribution in [-0.4, -0.2) is 40.6 Å². The second kappa shape index (κ2) is 8.72. The highest BCUT2D eigenvalue weighted by molar-refractivity contribution is 6.08. The van der Waals surface area contributed by atoms with Crippen LogP contribution >= 0.6 is 0 Å². The molecule has 10 heteroatoms. The van der Waals surface area contributed by atoms with Crippen molar-refractivity contribution in [3.05, 3.63) is 71.7 Å². The van der Waals surface area contributed by atoms with Crippen LogP contribution in [0.5, 0.6) is 0 Å². The molecular formula is C27H31FN8O. The summed E-state index contributed by atoms with van der Waals surface area (Å²) in [6.45, 7) is 4.95. The Morgan fingerprint density at radius 1 is 1.22 bits per heavy atom. The third-order valence-electron chi connectivity index (χ3n) is 8.12. The molecule has 4 heterocycles. The van der Waals surface area contributed by atoms with Crippen LogP contribution < -0.4 is 10.6 Å². The van der Waals surface area contributed by atoms with E-state index < -0.39 is 5.95 Å². The molecule has 0 aromatic carbocycles. The lowest BCUT2D eigenvalue weighted by molar-refractivity contribution is 0.102. The summed E-state index contributed by atoms with van der Waals surface area (Å²) in [7, 11) is 1.95. The van der Waals surface area contributed by atoms with Crippen molar-refractivity contribution in [1.29, 1.82) is 0 Å². The van der Waals surface area contributed by atoms with Crippen molar-refractivity contribution in [1.82, 2.24) is 34.4 Å². The fraction of sp³-hybridized carbons (Fsp3) is 0.444. The van der Waals surface area contributed by atoms with Gasteiger partial charge >= 0.3 is 0 Å². The SMILES string of the molecule is CC1CC(c2cncc(NC(=O)c3cc(CNC4(C)CCC4)cn4c(F)cnc34)c2)(c2nncn2C)C1. The molecule has 2 aliphatic rings. The van der Waals surface area contributed by atoms with E-state index in [0.29, 0.717) is 23.7 Å². The molecule has 2 N–H and O–H groups in total. The van der Waals surface area contributed by atoms with Crippen LogP contribution in [0.3, 0.4) is 0 Å². The number of carbonyl (C=O) groups excluding carboxylic acids is 1. The first-order chi connectivity index (χ1) is 17.8. The van der Waals surface area contributed by atoms with Gasteiger partial charge in [0, 0.05) is 31.5 Å². The molecule has 2 fully saturated rings. The topological polar surface area (TPSA) is 102 Å². The fourth-order valence-corrected chi connectivity index (χ4v) is 5.94. The number of amides is 1. The third kappa shape index (κ3) is 4.09. The number of anilines is 1. The van der Waals surface area contributed by atoms with Gasteiger partial charge in [0.2, 0.25) is 5.95 Å². The van der Waals surface area contributed by atoms with Crippen LogP contribution in [-0.2, 0) is 19.0 Å². The molecule has 6 rings (SSSR count). The molecule has 192 valence electrons. The number of pyridine rings is 2. The quantitative estimate of drug-likeness (QED) is 0.396. The number of fused-ring (bicyclic) bond motifs is 1. The van der Waals surface area contributed by atoms with Crippen LogP contribution in [0, 0.1) is 11.9 Å². The minimum Gasteiger partial charge on any atom is -0.320 e. The van der Waals surface area contributed by atoms with E-state index in [-0.39, 0.29) is 22.5 Å². The highest BCUT2D eigenvalue weighted by atomic mass is 19.1. The summed E-state index contributed by atoms with van der Waals surface area (Å²) in [6.07, 6.45) is 13.3. The van der Waals surface area contributed by atoms with Crippen LogP contribution in [0.15, 0.2) is 43.2 Å². The summed E-state index contributed by atoms with van der Waals surface area (Å²) in [4.78, 5) is 22.1. The Kier molecular flexibility index (Phi) is 5.59. The summed E-state index contributed by atoms with van der Waals surface area (Å²) in [5, 5.41) is 15.0. The Morgan fingerprint density at radius 2 is 2.03 bits per heavy atom. The standard InChI is InChI=1S/C27H31FN8O/c1-17-9-27(10-17,25-34-32-16-35(25)3)19-8-20(13-29-12-19)33-24(37)21-7-18(11-31-26(2)5-4-6-26)15-36-22(28)14-30-23(21)36/h7-8,12-17,31H,4-6,9-11H2,1-3H3,(H,33,37). The second-order valence-corrected chi connectivity index (χ2v) is 11.1. The number of halogens is 1. The van der Waals surface area contributed by atoms with Gasteiger partial charge in [0.1, 0.15) is 12.2 Å². The third-order valence-corrected chi connectivity index (χ3v) is 8.12. The lowest BCUT2D eigenvalue weighted by Gasteiger charge is -2.45. The second-order valence-electron chi connectivity index (χ2n) is 11.1. The normalized spacial score (nSPS) is 22.4. The molecule has 37 heavy (non-hydrogen) atoms. The predicted molar refractivity (Wildman–Crippen MR) is 137 cm³/mol. The molecule has 0 spiro atoms. The maximum atomic E-state index is 14.5. The summed E-state index contributed by atoms with van der Waals surface area (Å²) < 4.78 is 17.8. The first-order valence-electron chi connectivity index (χ1n) is 12.8. The van der Waals surface area contributed by atoms with Gasteiger partial charge in [-0.25, -0.2) is 4.98 Å². The molecule has 0 unspecified atom stereocenters. The van der Waals surface area contributed by atoms with Crippen molar-refractivity contribution < 1.29 is 9.18 Å². The van der Waals surface area contributed by atoms with Crippen molar-refractivity contribution in [3.63, 3.8) is 0 Å². The Hall–Kier alpha value is -3.66. The maximum absolute atomic E-state index is 14.5. The van der Waals surface area contributed by atoms with Gasteiger partial charge in [0.15, 0.2) is 5.65 Å². The lowest BCUT2D eigenvalue weighted by Crippen LogP contribution is -2.47. The van der Waals surface area contributed by atoms with E-state index >= 15 is 0 Å². The van der Waals surface area contributed by atoms with Crippen molar-refractivity contribution in [2.45, 2.75) is 63.5 Å². The van der Waals surface area contributed by atoms with Crippen LogP contribution in [0.1, 0.15) is 73.3 Å². The molecule has 4 aromatic heterocycles. The van der Waals surface area contributed by atoms with Gasteiger partial charge < -0.3 is 15.2 Å². The van der Waals surface area contributed by atoms with Gasteiger partial charge in [-0.2, -0.15) is 4.39 Å². The first kappa shape index (κ1) is 23.7. The Morgan fingerprint density at radius 3 is 2.70 bits per heavy atom. The molecule has 2 aliphatic carbocycles. The van der Waals surface area contributed by atoms with E-state index in [2.05, 4.69) is 44.6 Å². The predicted octanol–water partition coefficient (Wildman–Crippen LogP) is 4.00. The van der Waals surface area contributed by atoms with E-state index in [0.717, 1.165) is 48.8 Å². The summed E-state index contributed by atoms with van der Waals surface area (Å²) in [6, 6.07) is 3.75. The minimum absolute atomic E-state index is 0.0919. The molecule has 9 nitrogen and oxygen atoms in total. The van der Waals surface area contributed by atoms with Crippen LogP contribution in [0.4, 0.5) is 10.1 Å². The van der Waals surface area contributed by atoms with E-state index in [4.69, 9.17) is 0 Å². The zero-order valence-electron chi connectivity index (χ0n) is 21.3. The Labute approximate surface area is 214 Å². The highest BCUT2D eigenvalue weighted by Crippen LogP contribution is 2.51. The van der Waals surface area contributed by atoms with Crippen molar-refractivity contribution >= 4 is 17.2 Å². The number of aryl methyl sites for hydroxylation is 1. The number of nitrogens with one attached hydrogen (secondary N) is 2. The van der Waals surface area contributed by atoms with E-state index in [9.17, 15) is 9.18 Å². The van der Waals surface area contributed by atoms with Gasteiger partial charge in [-0.05, 0) is 68.2 Å². The number of hydrogen-bond acceptors (Lipinski definition) is 6. The fourth-order valence-electron chi connectivity index (χ4n) is 5.94. The number of aromatic nitrogens is 6. The largest absolute Gasteiger partial charge is 0.320 e. The highest BCUT2D eigenvalue weighted by Gasteiger charge is 2.48. The minimum atomic E-state index is -0.505. The Bertz CT molecular complexity index is 1480.